The minimum atomic E-state index is -0.806. The smallest absolute Gasteiger partial charge is 0.264 e. The van der Waals surface area contributed by atoms with Gasteiger partial charge in [0.05, 0.1) is 30.6 Å². The van der Waals surface area contributed by atoms with Gasteiger partial charge in [0, 0.05) is 19.6 Å². The van der Waals surface area contributed by atoms with E-state index in [9.17, 15) is 9.90 Å². The predicted octanol–water partition coefficient (Wildman–Crippen LogP) is 1.27. The van der Waals surface area contributed by atoms with Crippen molar-refractivity contribution < 1.29 is 14.6 Å². The number of carbonyl (C=O) groups is 1. The highest BCUT2D eigenvalue weighted by atomic mass is 32.1. The lowest BCUT2D eigenvalue weighted by Crippen LogP contribution is -2.61. The van der Waals surface area contributed by atoms with E-state index < -0.39 is 11.6 Å². The van der Waals surface area contributed by atoms with E-state index in [0.29, 0.717) is 31.1 Å². The fraction of sp³-hybridized carbons (Fsp3) is 0.500. The molecule has 3 N–H and O–H groups in total. The average Bonchev–Trinajstić information content (AvgIpc) is 3.13. The molecule has 28 heavy (non-hydrogen) atoms. The molecule has 3 heterocycles. The number of benzene rings is 1. The Labute approximate surface area is 168 Å². The molecule has 4 rings (SSSR count). The van der Waals surface area contributed by atoms with Crippen molar-refractivity contribution in [3.8, 4) is 0 Å². The van der Waals surface area contributed by atoms with Crippen LogP contribution in [-0.2, 0) is 10.3 Å². The number of aliphatic hydroxyl groups is 1. The monoisotopic (exact) mass is 402 g/mol. The zero-order valence-electron chi connectivity index (χ0n) is 16.0. The molecular weight excluding hydrogens is 376 g/mol. The Balaban J connectivity index is 1.61. The van der Waals surface area contributed by atoms with Crippen LogP contribution in [0.3, 0.4) is 0 Å². The topological polar surface area (TPSA) is 86.7 Å². The van der Waals surface area contributed by atoms with Gasteiger partial charge in [-0.25, -0.2) is 4.98 Å². The van der Waals surface area contributed by atoms with Crippen molar-refractivity contribution in [2.24, 2.45) is 0 Å². The van der Waals surface area contributed by atoms with E-state index in [0.717, 1.165) is 36.0 Å². The van der Waals surface area contributed by atoms with E-state index in [-0.39, 0.29) is 5.91 Å². The lowest BCUT2D eigenvalue weighted by molar-refractivity contribution is 0.0291. The summed E-state index contributed by atoms with van der Waals surface area (Å²) >= 11 is 1.41. The predicted molar refractivity (Wildman–Crippen MR) is 109 cm³/mol. The molecule has 2 fully saturated rings. The van der Waals surface area contributed by atoms with Crippen molar-refractivity contribution in [1.29, 1.82) is 0 Å². The number of nitrogens with one attached hydrogen (secondary N) is 2. The molecule has 7 nitrogen and oxygen atoms in total. The van der Waals surface area contributed by atoms with Crippen LogP contribution in [-0.4, -0.2) is 61.5 Å². The maximum Gasteiger partial charge on any atom is 0.264 e. The molecule has 8 heteroatoms. The molecule has 2 atom stereocenters. The molecule has 2 saturated heterocycles. The number of morpholine rings is 1. The third-order valence-corrected chi connectivity index (χ3v) is 6.72. The summed E-state index contributed by atoms with van der Waals surface area (Å²) in [6, 6.07) is 9.74. The number of nitrogens with zero attached hydrogens (tertiary/aromatic N) is 2. The van der Waals surface area contributed by atoms with Gasteiger partial charge in [-0.15, -0.1) is 0 Å². The number of thiazole rings is 1. The zero-order valence-corrected chi connectivity index (χ0v) is 16.8. The number of hydrogen-bond acceptors (Lipinski definition) is 7. The molecule has 0 radical (unpaired) electrons. The lowest BCUT2D eigenvalue weighted by atomic mass is 9.79. The summed E-state index contributed by atoms with van der Waals surface area (Å²) in [5.74, 6) is -0.181. The number of carbonyl (C=O) groups excluding carboxylic acids is 1. The van der Waals surface area contributed by atoms with Crippen molar-refractivity contribution in [2.75, 3.05) is 44.3 Å². The molecule has 0 saturated carbocycles. The Morgan fingerprint density at radius 2 is 2.11 bits per heavy atom. The summed E-state index contributed by atoms with van der Waals surface area (Å²) in [5, 5.41) is 18.1. The largest absolute Gasteiger partial charge is 0.389 e. The Hall–Kier alpha value is -2.00. The first kappa shape index (κ1) is 19.3. The quantitative estimate of drug-likeness (QED) is 0.714. The fourth-order valence-corrected chi connectivity index (χ4v) is 4.91. The number of β-amino-alcohol motifs (C(OH)–C–C–N with tert-alkyl or cyclic N) is 1. The second-order valence-corrected chi connectivity index (χ2v) is 8.25. The molecular formula is C20H26N4O3S. The summed E-state index contributed by atoms with van der Waals surface area (Å²) in [6.07, 6.45) is -0.0857. The number of anilines is 1. The van der Waals surface area contributed by atoms with Gasteiger partial charge < -0.3 is 25.4 Å². The van der Waals surface area contributed by atoms with Crippen LogP contribution in [0.15, 0.2) is 30.3 Å². The Bertz CT molecular complexity index is 822. The summed E-state index contributed by atoms with van der Waals surface area (Å²) < 4.78 is 5.40. The van der Waals surface area contributed by atoms with E-state index in [1.54, 1.807) is 0 Å². The number of rotatable bonds is 4. The van der Waals surface area contributed by atoms with Gasteiger partial charge in [0.25, 0.3) is 5.91 Å². The van der Waals surface area contributed by atoms with E-state index in [4.69, 9.17) is 4.74 Å². The third kappa shape index (κ3) is 3.65. The second kappa shape index (κ2) is 8.16. The van der Waals surface area contributed by atoms with Crippen LogP contribution >= 0.6 is 11.3 Å². The Morgan fingerprint density at radius 3 is 2.82 bits per heavy atom. The average molecular weight is 403 g/mol. The molecule has 150 valence electrons. The number of piperidine rings is 1. The van der Waals surface area contributed by atoms with Crippen LogP contribution in [0.1, 0.15) is 27.3 Å². The van der Waals surface area contributed by atoms with E-state index >= 15 is 0 Å². The van der Waals surface area contributed by atoms with Crippen molar-refractivity contribution in [2.45, 2.75) is 25.0 Å². The summed E-state index contributed by atoms with van der Waals surface area (Å²) in [6.45, 7) is 5.96. The molecule has 0 bridgehead atoms. The van der Waals surface area contributed by atoms with Crippen LogP contribution in [0.25, 0.3) is 0 Å². The highest BCUT2D eigenvalue weighted by Crippen LogP contribution is 2.33. The molecule has 2 aromatic rings. The summed E-state index contributed by atoms with van der Waals surface area (Å²) in [5.41, 5.74) is 0.836. The van der Waals surface area contributed by atoms with Gasteiger partial charge in [-0.1, -0.05) is 41.7 Å². The zero-order chi connectivity index (χ0) is 19.6. The van der Waals surface area contributed by atoms with Gasteiger partial charge in [0.1, 0.15) is 4.88 Å². The standard InChI is InChI=1S/C20H26N4O3S/c1-14-17(28-19(22-14)24-9-11-27-12-10-24)18(26)23-20(7-8-21-13-16(20)25)15-5-3-2-4-6-15/h2-6,16,21,25H,7-13H2,1H3,(H,23,26)/t16-,20-/m1/s1. The number of ether oxygens (including phenoxy) is 1. The number of aliphatic hydroxyl groups excluding tert-OH is 1. The van der Waals surface area contributed by atoms with Crippen LogP contribution in [0.5, 0.6) is 0 Å². The number of hydrogen-bond donors (Lipinski definition) is 3. The highest BCUT2D eigenvalue weighted by Gasteiger charge is 2.43. The molecule has 0 aliphatic carbocycles. The van der Waals surface area contributed by atoms with Crippen LogP contribution < -0.4 is 15.5 Å². The van der Waals surface area contributed by atoms with Gasteiger partial charge in [-0.05, 0) is 25.5 Å². The Morgan fingerprint density at radius 1 is 1.36 bits per heavy atom. The normalized spacial score (nSPS) is 25.5. The first-order valence-corrected chi connectivity index (χ1v) is 10.5. The van der Waals surface area contributed by atoms with Crippen molar-refractivity contribution >= 4 is 22.4 Å². The molecule has 1 aromatic heterocycles. The molecule has 2 aliphatic heterocycles. The maximum absolute atomic E-state index is 13.2. The SMILES string of the molecule is Cc1nc(N2CCOCC2)sc1C(=O)N[C@@]1(c2ccccc2)CCNC[C@H]1O. The lowest BCUT2D eigenvalue weighted by Gasteiger charge is -2.42. The minimum Gasteiger partial charge on any atom is -0.389 e. The van der Waals surface area contributed by atoms with E-state index in [1.807, 2.05) is 37.3 Å². The van der Waals surface area contributed by atoms with E-state index in [2.05, 4.69) is 20.5 Å². The van der Waals surface area contributed by atoms with Crippen molar-refractivity contribution in [3.63, 3.8) is 0 Å². The van der Waals surface area contributed by atoms with Crippen molar-refractivity contribution in [1.82, 2.24) is 15.6 Å². The van der Waals surface area contributed by atoms with Crippen LogP contribution in [0, 0.1) is 6.92 Å². The van der Waals surface area contributed by atoms with Gasteiger partial charge >= 0.3 is 0 Å². The van der Waals surface area contributed by atoms with Crippen LogP contribution in [0.2, 0.25) is 0 Å². The second-order valence-electron chi connectivity index (χ2n) is 7.27. The Kier molecular flexibility index (Phi) is 5.63. The molecule has 1 amide bonds. The number of aromatic nitrogens is 1. The first-order chi connectivity index (χ1) is 13.6. The molecule has 1 aromatic carbocycles. The number of aryl methyl sites for hydroxylation is 1. The molecule has 0 unspecified atom stereocenters. The van der Waals surface area contributed by atoms with Gasteiger partial charge in [-0.2, -0.15) is 0 Å². The van der Waals surface area contributed by atoms with E-state index in [1.165, 1.54) is 11.3 Å². The summed E-state index contributed by atoms with van der Waals surface area (Å²) in [7, 11) is 0. The highest BCUT2D eigenvalue weighted by molar-refractivity contribution is 7.17. The molecule has 0 spiro atoms. The van der Waals surface area contributed by atoms with Gasteiger partial charge in [0.2, 0.25) is 0 Å². The first-order valence-electron chi connectivity index (χ1n) is 9.67. The van der Waals surface area contributed by atoms with Gasteiger partial charge in [0.15, 0.2) is 5.13 Å². The third-order valence-electron chi connectivity index (χ3n) is 5.50. The minimum absolute atomic E-state index is 0.181. The molecule has 2 aliphatic rings. The maximum atomic E-state index is 13.2. The van der Waals surface area contributed by atoms with Crippen molar-refractivity contribution in [3.05, 3.63) is 46.5 Å². The van der Waals surface area contributed by atoms with Crippen LogP contribution in [0.4, 0.5) is 5.13 Å². The van der Waals surface area contributed by atoms with Gasteiger partial charge in [-0.3, -0.25) is 4.79 Å². The fourth-order valence-electron chi connectivity index (χ4n) is 3.90. The summed E-state index contributed by atoms with van der Waals surface area (Å²) in [4.78, 5) is 20.6. The number of amides is 1.